The lowest BCUT2D eigenvalue weighted by molar-refractivity contribution is 0.495. The molecule has 3 nitrogen and oxygen atoms in total. The van der Waals surface area contributed by atoms with E-state index in [0.717, 1.165) is 25.3 Å². The van der Waals surface area contributed by atoms with Crippen LogP contribution >= 0.6 is 15.9 Å². The minimum atomic E-state index is -3.76. The quantitative estimate of drug-likeness (QED) is 0.906. The summed E-state index contributed by atoms with van der Waals surface area (Å²) in [5.41, 5.74) is 0. The Morgan fingerprint density at radius 3 is 2.74 bits per heavy atom. The molecule has 6 heteroatoms. The Balaban J connectivity index is 2.06. The van der Waals surface area contributed by atoms with E-state index in [-0.39, 0.29) is 4.90 Å². The zero-order valence-electron chi connectivity index (χ0n) is 10.7. The molecule has 2 rings (SSSR count). The van der Waals surface area contributed by atoms with Gasteiger partial charge in [0, 0.05) is 11.0 Å². The molecule has 0 saturated heterocycles. The van der Waals surface area contributed by atoms with E-state index < -0.39 is 15.8 Å². The number of hydrogen-bond acceptors (Lipinski definition) is 2. The first kappa shape index (κ1) is 14.9. The molecule has 1 aromatic carbocycles. The van der Waals surface area contributed by atoms with Crippen LogP contribution in [-0.2, 0) is 10.0 Å². The summed E-state index contributed by atoms with van der Waals surface area (Å²) in [6, 6.07) is 3.96. The summed E-state index contributed by atoms with van der Waals surface area (Å²) in [5, 5.41) is 0. The van der Waals surface area contributed by atoms with Crippen LogP contribution in [0, 0.1) is 17.7 Å². The van der Waals surface area contributed by atoms with Crippen LogP contribution in [0.5, 0.6) is 0 Å². The van der Waals surface area contributed by atoms with Crippen LogP contribution in [0.3, 0.4) is 0 Å². The minimum absolute atomic E-state index is 0.290. The second-order valence-electron chi connectivity index (χ2n) is 5.21. The van der Waals surface area contributed by atoms with Crippen LogP contribution in [0.1, 0.15) is 26.2 Å². The lowest BCUT2D eigenvalue weighted by atomic mass is 10.1. The molecule has 0 amide bonds. The van der Waals surface area contributed by atoms with Crippen molar-refractivity contribution in [1.29, 1.82) is 0 Å². The Morgan fingerprint density at radius 1 is 1.42 bits per heavy atom. The predicted octanol–water partition coefficient (Wildman–Crippen LogP) is 3.30. The van der Waals surface area contributed by atoms with E-state index in [4.69, 9.17) is 0 Å². The number of hydrogen-bond donors (Lipinski definition) is 1. The van der Waals surface area contributed by atoms with Gasteiger partial charge in [-0.1, -0.05) is 29.3 Å². The van der Waals surface area contributed by atoms with E-state index in [1.807, 2.05) is 0 Å². The van der Waals surface area contributed by atoms with Gasteiger partial charge in [0.1, 0.15) is 10.7 Å². The van der Waals surface area contributed by atoms with Crippen molar-refractivity contribution >= 4 is 26.0 Å². The Bertz CT molecular complexity index is 562. The van der Waals surface area contributed by atoms with E-state index in [1.165, 1.54) is 12.1 Å². The summed E-state index contributed by atoms with van der Waals surface area (Å²) >= 11 is 3.11. The zero-order valence-corrected chi connectivity index (χ0v) is 13.1. The van der Waals surface area contributed by atoms with Crippen LogP contribution in [0.15, 0.2) is 27.6 Å². The van der Waals surface area contributed by atoms with Crippen molar-refractivity contribution in [2.75, 3.05) is 6.54 Å². The van der Waals surface area contributed by atoms with Gasteiger partial charge in [-0.3, -0.25) is 0 Å². The summed E-state index contributed by atoms with van der Waals surface area (Å²) in [4.78, 5) is -0.290. The largest absolute Gasteiger partial charge is 0.243 e. The third-order valence-electron chi connectivity index (χ3n) is 3.55. The minimum Gasteiger partial charge on any atom is -0.211 e. The van der Waals surface area contributed by atoms with Crippen molar-refractivity contribution in [3.63, 3.8) is 0 Å². The molecular formula is C13H17BrFNO2S. The summed E-state index contributed by atoms with van der Waals surface area (Å²) < 4.78 is 40.8. The number of benzene rings is 1. The highest BCUT2D eigenvalue weighted by Gasteiger charge is 2.25. The summed E-state index contributed by atoms with van der Waals surface area (Å²) in [5.74, 6) is 0.281. The van der Waals surface area contributed by atoms with Gasteiger partial charge in [-0.15, -0.1) is 0 Å². The maximum absolute atomic E-state index is 13.7. The molecule has 0 heterocycles. The third kappa shape index (κ3) is 3.77. The molecule has 1 aliphatic carbocycles. The van der Waals surface area contributed by atoms with Gasteiger partial charge in [0.2, 0.25) is 10.0 Å². The van der Waals surface area contributed by atoms with E-state index in [2.05, 4.69) is 27.6 Å². The SMILES string of the molecule is CC1CCC(CNS(=O)(=O)c2ccc(Br)cc2F)C1. The summed E-state index contributed by atoms with van der Waals surface area (Å²) in [6.07, 6.45) is 3.21. The first-order valence-corrected chi connectivity index (χ1v) is 8.61. The predicted molar refractivity (Wildman–Crippen MR) is 75.8 cm³/mol. The van der Waals surface area contributed by atoms with Gasteiger partial charge in [0.15, 0.2) is 0 Å². The second-order valence-corrected chi connectivity index (χ2v) is 7.86. The molecule has 1 aliphatic rings. The molecule has 2 unspecified atom stereocenters. The average molecular weight is 350 g/mol. The fourth-order valence-electron chi connectivity index (χ4n) is 2.51. The molecule has 19 heavy (non-hydrogen) atoms. The molecule has 1 N–H and O–H groups in total. The van der Waals surface area contributed by atoms with Crippen LogP contribution < -0.4 is 4.72 Å². The highest BCUT2D eigenvalue weighted by atomic mass is 79.9. The van der Waals surface area contributed by atoms with Gasteiger partial charge in [-0.05, 0) is 42.9 Å². The van der Waals surface area contributed by atoms with Gasteiger partial charge in [0.25, 0.3) is 0 Å². The average Bonchev–Trinajstić information content (AvgIpc) is 2.72. The van der Waals surface area contributed by atoms with Crippen molar-refractivity contribution in [3.05, 3.63) is 28.5 Å². The van der Waals surface area contributed by atoms with Crippen molar-refractivity contribution in [3.8, 4) is 0 Å². The Kier molecular flexibility index (Phi) is 4.63. The topological polar surface area (TPSA) is 46.2 Å². The number of sulfonamides is 1. The van der Waals surface area contributed by atoms with Gasteiger partial charge in [-0.25, -0.2) is 17.5 Å². The lowest BCUT2D eigenvalue weighted by Crippen LogP contribution is -2.29. The first-order chi connectivity index (χ1) is 8.88. The molecule has 1 fully saturated rings. The Labute approximate surface area is 121 Å². The maximum atomic E-state index is 13.7. The number of nitrogens with one attached hydrogen (secondary N) is 1. The van der Waals surface area contributed by atoms with Gasteiger partial charge >= 0.3 is 0 Å². The molecule has 0 radical (unpaired) electrons. The molecule has 0 aromatic heterocycles. The molecule has 1 saturated carbocycles. The van der Waals surface area contributed by atoms with Gasteiger partial charge in [-0.2, -0.15) is 0 Å². The maximum Gasteiger partial charge on any atom is 0.243 e. The number of halogens is 2. The van der Waals surface area contributed by atoms with Crippen LogP contribution in [-0.4, -0.2) is 15.0 Å². The van der Waals surface area contributed by atoms with Crippen molar-refractivity contribution in [2.24, 2.45) is 11.8 Å². The van der Waals surface area contributed by atoms with E-state index in [0.29, 0.717) is 22.9 Å². The second kappa shape index (κ2) is 5.89. The third-order valence-corrected chi connectivity index (χ3v) is 5.50. The Morgan fingerprint density at radius 2 is 2.16 bits per heavy atom. The number of rotatable bonds is 4. The van der Waals surface area contributed by atoms with Gasteiger partial charge < -0.3 is 0 Å². The standard InChI is InChI=1S/C13H17BrFNO2S/c1-9-2-3-10(6-9)8-16-19(17,18)13-5-4-11(14)7-12(13)15/h4-5,7,9-10,16H,2-3,6,8H2,1H3. The molecule has 0 spiro atoms. The van der Waals surface area contributed by atoms with Crippen LogP contribution in [0.25, 0.3) is 0 Å². The summed E-state index contributed by atoms with van der Waals surface area (Å²) in [7, 11) is -3.76. The normalized spacial score (nSPS) is 23.7. The van der Waals surface area contributed by atoms with Crippen molar-refractivity contribution < 1.29 is 12.8 Å². The summed E-state index contributed by atoms with van der Waals surface area (Å²) in [6.45, 7) is 2.56. The fourth-order valence-corrected chi connectivity index (χ4v) is 4.02. The van der Waals surface area contributed by atoms with Crippen molar-refractivity contribution in [2.45, 2.75) is 31.1 Å². The lowest BCUT2D eigenvalue weighted by Gasteiger charge is -2.12. The van der Waals surface area contributed by atoms with Gasteiger partial charge in [0.05, 0.1) is 0 Å². The Hall–Kier alpha value is -0.460. The highest BCUT2D eigenvalue weighted by molar-refractivity contribution is 9.10. The van der Waals surface area contributed by atoms with Crippen molar-refractivity contribution in [1.82, 2.24) is 4.72 Å². The molecular weight excluding hydrogens is 333 g/mol. The zero-order chi connectivity index (χ0) is 14.0. The first-order valence-electron chi connectivity index (χ1n) is 6.33. The molecule has 0 bridgehead atoms. The molecule has 106 valence electrons. The van der Waals surface area contributed by atoms with E-state index in [1.54, 1.807) is 0 Å². The van der Waals surface area contributed by atoms with Crippen LogP contribution in [0.2, 0.25) is 0 Å². The van der Waals surface area contributed by atoms with Crippen LogP contribution in [0.4, 0.5) is 4.39 Å². The highest BCUT2D eigenvalue weighted by Crippen LogP contribution is 2.30. The smallest absolute Gasteiger partial charge is 0.211 e. The molecule has 2 atom stereocenters. The molecule has 1 aromatic rings. The fraction of sp³-hybridized carbons (Fsp3) is 0.538. The van der Waals surface area contributed by atoms with E-state index in [9.17, 15) is 12.8 Å². The monoisotopic (exact) mass is 349 g/mol. The van der Waals surface area contributed by atoms with E-state index >= 15 is 0 Å². The molecule has 0 aliphatic heterocycles.